The summed E-state index contributed by atoms with van der Waals surface area (Å²) in [6.07, 6.45) is -2.54. The molecule has 1 amide bonds. The van der Waals surface area contributed by atoms with Crippen LogP contribution in [0.3, 0.4) is 0 Å². The van der Waals surface area contributed by atoms with Gasteiger partial charge in [0.15, 0.2) is 0 Å². The van der Waals surface area contributed by atoms with E-state index in [0.29, 0.717) is 24.5 Å². The molecule has 0 atom stereocenters. The number of nitrogens with one attached hydrogen (secondary N) is 1. The average molecular weight is 280 g/mol. The van der Waals surface area contributed by atoms with Gasteiger partial charge in [0.25, 0.3) is 6.43 Å². The van der Waals surface area contributed by atoms with Crippen LogP contribution in [0, 0.1) is 24.2 Å². The number of rotatable bonds is 4. The SMILES string of the molecule is Cc1ccc(C#N)c(N2CC(C(=O)NCC(F)F)C2)n1. The molecule has 1 N–H and O–H groups in total. The Labute approximate surface area is 115 Å². The van der Waals surface area contributed by atoms with Crippen molar-refractivity contribution < 1.29 is 13.6 Å². The minimum Gasteiger partial charge on any atom is -0.354 e. The van der Waals surface area contributed by atoms with Crippen LogP contribution in [-0.4, -0.2) is 37.0 Å². The normalized spacial score (nSPS) is 14.8. The van der Waals surface area contributed by atoms with Gasteiger partial charge in [-0.1, -0.05) is 0 Å². The fourth-order valence-electron chi connectivity index (χ4n) is 2.01. The summed E-state index contributed by atoms with van der Waals surface area (Å²) in [5.41, 5.74) is 1.23. The minimum atomic E-state index is -2.54. The Morgan fingerprint density at radius 3 is 2.90 bits per heavy atom. The van der Waals surface area contributed by atoms with E-state index in [2.05, 4.69) is 16.4 Å². The lowest BCUT2D eigenvalue weighted by molar-refractivity contribution is -0.126. The van der Waals surface area contributed by atoms with Gasteiger partial charge in [-0.05, 0) is 19.1 Å². The van der Waals surface area contributed by atoms with Gasteiger partial charge in [0.2, 0.25) is 5.91 Å². The van der Waals surface area contributed by atoms with Crippen LogP contribution in [0.4, 0.5) is 14.6 Å². The fourth-order valence-corrected chi connectivity index (χ4v) is 2.01. The third-order valence-corrected chi connectivity index (χ3v) is 3.12. The maximum atomic E-state index is 12.0. The van der Waals surface area contributed by atoms with Crippen LogP contribution in [0.15, 0.2) is 12.1 Å². The molecule has 1 saturated heterocycles. The Bertz CT molecular complexity index is 550. The molecule has 0 aromatic carbocycles. The van der Waals surface area contributed by atoms with E-state index < -0.39 is 13.0 Å². The zero-order valence-electron chi connectivity index (χ0n) is 10.9. The number of amides is 1. The second-order valence-electron chi connectivity index (χ2n) is 4.67. The first kappa shape index (κ1) is 14.2. The van der Waals surface area contributed by atoms with E-state index in [9.17, 15) is 13.6 Å². The number of nitrogens with zero attached hydrogens (tertiary/aromatic N) is 3. The van der Waals surface area contributed by atoms with Crippen LogP contribution in [0.5, 0.6) is 0 Å². The van der Waals surface area contributed by atoms with E-state index in [0.717, 1.165) is 5.69 Å². The van der Waals surface area contributed by atoms with Crippen LogP contribution >= 0.6 is 0 Å². The van der Waals surface area contributed by atoms with E-state index in [1.54, 1.807) is 17.0 Å². The number of aromatic nitrogens is 1. The molecular weight excluding hydrogens is 266 g/mol. The molecule has 2 heterocycles. The maximum Gasteiger partial charge on any atom is 0.255 e. The molecule has 1 aliphatic heterocycles. The third kappa shape index (κ3) is 3.02. The maximum absolute atomic E-state index is 12.0. The number of anilines is 1. The molecule has 0 radical (unpaired) electrons. The average Bonchev–Trinajstić information content (AvgIpc) is 2.35. The number of nitriles is 1. The summed E-state index contributed by atoms with van der Waals surface area (Å²) >= 11 is 0. The van der Waals surface area contributed by atoms with Gasteiger partial charge in [-0.2, -0.15) is 5.26 Å². The number of pyridine rings is 1. The molecule has 0 spiro atoms. The summed E-state index contributed by atoms with van der Waals surface area (Å²) in [6, 6.07) is 5.48. The number of alkyl halides is 2. The predicted molar refractivity (Wildman–Crippen MR) is 68.4 cm³/mol. The third-order valence-electron chi connectivity index (χ3n) is 3.12. The second-order valence-corrected chi connectivity index (χ2v) is 4.67. The highest BCUT2D eigenvalue weighted by atomic mass is 19.3. The molecule has 106 valence electrons. The van der Waals surface area contributed by atoms with E-state index in [-0.39, 0.29) is 11.8 Å². The van der Waals surface area contributed by atoms with Crippen LogP contribution in [0.25, 0.3) is 0 Å². The Kier molecular flexibility index (Phi) is 4.13. The van der Waals surface area contributed by atoms with E-state index in [1.807, 2.05) is 6.92 Å². The largest absolute Gasteiger partial charge is 0.354 e. The molecule has 7 heteroatoms. The van der Waals surface area contributed by atoms with E-state index in [1.165, 1.54) is 0 Å². The van der Waals surface area contributed by atoms with Crippen molar-refractivity contribution in [1.82, 2.24) is 10.3 Å². The Morgan fingerprint density at radius 2 is 2.30 bits per heavy atom. The second kappa shape index (κ2) is 5.82. The monoisotopic (exact) mass is 280 g/mol. The summed E-state index contributed by atoms with van der Waals surface area (Å²) in [5.74, 6) is -0.166. The molecule has 5 nitrogen and oxygen atoms in total. The molecule has 0 saturated carbocycles. The summed E-state index contributed by atoms with van der Waals surface area (Å²) in [5, 5.41) is 11.2. The zero-order valence-corrected chi connectivity index (χ0v) is 10.9. The van der Waals surface area contributed by atoms with Crippen LogP contribution in [0.1, 0.15) is 11.3 Å². The first-order valence-electron chi connectivity index (χ1n) is 6.20. The number of hydrogen-bond acceptors (Lipinski definition) is 4. The molecule has 1 aromatic rings. The van der Waals surface area contributed by atoms with Gasteiger partial charge >= 0.3 is 0 Å². The van der Waals surface area contributed by atoms with Crippen LogP contribution < -0.4 is 10.2 Å². The summed E-state index contributed by atoms with van der Waals surface area (Å²) < 4.78 is 24.0. The highest BCUT2D eigenvalue weighted by molar-refractivity contribution is 5.82. The smallest absolute Gasteiger partial charge is 0.255 e. The zero-order chi connectivity index (χ0) is 14.7. The molecule has 1 aliphatic rings. The molecule has 2 rings (SSSR count). The molecule has 0 unspecified atom stereocenters. The van der Waals surface area contributed by atoms with Crippen molar-refractivity contribution in [1.29, 1.82) is 5.26 Å². The highest BCUT2D eigenvalue weighted by Gasteiger charge is 2.34. The quantitative estimate of drug-likeness (QED) is 0.896. The van der Waals surface area contributed by atoms with Crippen LogP contribution in [-0.2, 0) is 4.79 Å². The lowest BCUT2D eigenvalue weighted by atomic mass is 9.98. The van der Waals surface area contributed by atoms with E-state index in [4.69, 9.17) is 5.26 Å². The molecule has 0 aliphatic carbocycles. The number of carbonyl (C=O) groups excluding carboxylic acids is 1. The van der Waals surface area contributed by atoms with Crippen molar-refractivity contribution in [2.75, 3.05) is 24.5 Å². The van der Waals surface area contributed by atoms with Gasteiger partial charge in [0.05, 0.1) is 18.0 Å². The fraction of sp³-hybridized carbons (Fsp3) is 0.462. The number of carbonyl (C=O) groups is 1. The van der Waals surface area contributed by atoms with Gasteiger partial charge in [-0.25, -0.2) is 13.8 Å². The standard InChI is InChI=1S/C13H14F2N4O/c1-8-2-3-9(4-16)12(18-8)19-6-10(7-19)13(20)17-5-11(14)15/h2-3,10-11H,5-7H2,1H3,(H,17,20). The highest BCUT2D eigenvalue weighted by Crippen LogP contribution is 2.26. The molecule has 1 aromatic heterocycles. The Hall–Kier alpha value is -2.23. The molecule has 20 heavy (non-hydrogen) atoms. The van der Waals surface area contributed by atoms with Gasteiger partial charge in [0, 0.05) is 18.8 Å². The number of halogens is 2. The Morgan fingerprint density at radius 1 is 1.60 bits per heavy atom. The van der Waals surface area contributed by atoms with Crippen molar-refractivity contribution in [3.05, 3.63) is 23.4 Å². The van der Waals surface area contributed by atoms with Crippen LogP contribution in [0.2, 0.25) is 0 Å². The Balaban J connectivity index is 1.95. The number of hydrogen-bond donors (Lipinski definition) is 1. The topological polar surface area (TPSA) is 69.0 Å². The van der Waals surface area contributed by atoms with Gasteiger partial charge in [0.1, 0.15) is 11.9 Å². The van der Waals surface area contributed by atoms with Gasteiger partial charge < -0.3 is 10.2 Å². The molecule has 1 fully saturated rings. The van der Waals surface area contributed by atoms with Crippen molar-refractivity contribution in [3.8, 4) is 6.07 Å². The lowest BCUT2D eigenvalue weighted by Crippen LogP contribution is -2.54. The lowest BCUT2D eigenvalue weighted by Gasteiger charge is -2.39. The summed E-state index contributed by atoms with van der Waals surface area (Å²) in [6.45, 7) is 1.97. The van der Waals surface area contributed by atoms with E-state index >= 15 is 0 Å². The summed E-state index contributed by atoms with van der Waals surface area (Å²) in [4.78, 5) is 17.7. The van der Waals surface area contributed by atoms with Crippen molar-refractivity contribution in [2.24, 2.45) is 5.92 Å². The first-order chi connectivity index (χ1) is 9.51. The van der Waals surface area contributed by atoms with Crippen molar-refractivity contribution >= 4 is 11.7 Å². The van der Waals surface area contributed by atoms with Gasteiger partial charge in [-0.3, -0.25) is 4.79 Å². The number of aryl methyl sites for hydroxylation is 1. The van der Waals surface area contributed by atoms with Crippen molar-refractivity contribution in [2.45, 2.75) is 13.3 Å². The molecule has 0 bridgehead atoms. The molecular formula is C13H14F2N4O. The van der Waals surface area contributed by atoms with Gasteiger partial charge in [-0.15, -0.1) is 0 Å². The first-order valence-corrected chi connectivity index (χ1v) is 6.20. The minimum absolute atomic E-state index is 0.331. The summed E-state index contributed by atoms with van der Waals surface area (Å²) in [7, 11) is 0. The van der Waals surface area contributed by atoms with Crippen molar-refractivity contribution in [3.63, 3.8) is 0 Å². The predicted octanol–water partition coefficient (Wildman–Crippen LogP) is 1.08.